The minimum atomic E-state index is -0.129. The smallest absolute Gasteiger partial charge is 0.248 e. The van der Waals surface area contributed by atoms with Crippen LogP contribution in [0.4, 0.5) is 0 Å². The fourth-order valence-corrected chi connectivity index (χ4v) is 1.57. The Balaban J connectivity index is 2.62. The Morgan fingerprint density at radius 2 is 2.17 bits per heavy atom. The number of carbonyl (C=O) groups excluding carboxylic acids is 1. The van der Waals surface area contributed by atoms with Crippen molar-refractivity contribution in [2.24, 2.45) is 5.92 Å². The number of pyridine rings is 1. The number of carbonyl (C=O) groups is 1. The summed E-state index contributed by atoms with van der Waals surface area (Å²) in [4.78, 5) is 24.9. The Bertz CT molecular complexity index is 392. The first-order valence-corrected chi connectivity index (χ1v) is 3.95. The number of hydrogen-bond acceptors (Lipinski definition) is 2. The first kappa shape index (κ1) is 7.28. The molecule has 0 saturated heterocycles. The second kappa shape index (κ2) is 2.30. The van der Waals surface area contributed by atoms with E-state index in [4.69, 9.17) is 0 Å². The second-order valence-electron chi connectivity index (χ2n) is 3.18. The average Bonchev–Trinajstić information content (AvgIpc) is 2.28. The number of fused-ring (bicyclic) bond motifs is 1. The Hall–Kier alpha value is -1.38. The molecule has 1 aliphatic carbocycles. The van der Waals surface area contributed by atoms with Gasteiger partial charge in [0.15, 0.2) is 5.78 Å². The molecule has 0 amide bonds. The van der Waals surface area contributed by atoms with Crippen molar-refractivity contribution in [1.82, 2.24) is 4.98 Å². The van der Waals surface area contributed by atoms with E-state index in [1.165, 1.54) is 6.07 Å². The van der Waals surface area contributed by atoms with Crippen molar-refractivity contribution in [2.45, 2.75) is 13.3 Å². The van der Waals surface area contributed by atoms with Gasteiger partial charge in [0.1, 0.15) is 0 Å². The fraction of sp³-hybridized carbons (Fsp3) is 0.333. The molecule has 0 aromatic carbocycles. The molecule has 1 heterocycles. The monoisotopic (exact) mass is 163 g/mol. The highest BCUT2D eigenvalue weighted by molar-refractivity contribution is 6.01. The lowest BCUT2D eigenvalue weighted by Gasteiger charge is -1.93. The Morgan fingerprint density at radius 1 is 1.42 bits per heavy atom. The summed E-state index contributed by atoms with van der Waals surface area (Å²) in [6.07, 6.45) is 0.671. The standard InChI is InChI=1S/C9H9NO2/c1-5-4-7-6(9(5)12)2-3-8(11)10-7/h2-3,5H,4H2,1H3,(H,10,11)/t5-/m0/s1. The normalized spacial score (nSPS) is 21.1. The number of rotatable bonds is 0. The van der Waals surface area contributed by atoms with Crippen LogP contribution in [0.2, 0.25) is 0 Å². The zero-order chi connectivity index (χ0) is 8.72. The summed E-state index contributed by atoms with van der Waals surface area (Å²) >= 11 is 0. The zero-order valence-electron chi connectivity index (χ0n) is 6.76. The summed E-state index contributed by atoms with van der Waals surface area (Å²) < 4.78 is 0. The maximum absolute atomic E-state index is 11.4. The summed E-state index contributed by atoms with van der Waals surface area (Å²) in [6, 6.07) is 3.01. The van der Waals surface area contributed by atoms with Crippen LogP contribution in [0.25, 0.3) is 0 Å². The Kier molecular flexibility index (Phi) is 1.40. The average molecular weight is 163 g/mol. The number of nitrogens with one attached hydrogen (secondary N) is 1. The molecule has 0 spiro atoms. The Morgan fingerprint density at radius 3 is 2.92 bits per heavy atom. The van der Waals surface area contributed by atoms with Gasteiger partial charge in [-0.3, -0.25) is 9.59 Å². The van der Waals surface area contributed by atoms with Crippen molar-refractivity contribution in [2.75, 3.05) is 0 Å². The van der Waals surface area contributed by atoms with Crippen LogP contribution in [-0.2, 0) is 6.42 Å². The lowest BCUT2D eigenvalue weighted by atomic mass is 10.1. The molecule has 1 aromatic rings. The van der Waals surface area contributed by atoms with Crippen LogP contribution in [0.5, 0.6) is 0 Å². The van der Waals surface area contributed by atoms with Gasteiger partial charge in [-0.1, -0.05) is 6.92 Å². The van der Waals surface area contributed by atoms with E-state index in [9.17, 15) is 9.59 Å². The van der Waals surface area contributed by atoms with E-state index in [-0.39, 0.29) is 17.3 Å². The van der Waals surface area contributed by atoms with Crippen LogP contribution in [0.15, 0.2) is 16.9 Å². The molecule has 3 heteroatoms. The molecule has 0 radical (unpaired) electrons. The fourth-order valence-electron chi connectivity index (χ4n) is 1.57. The molecule has 0 aliphatic heterocycles. The minimum absolute atomic E-state index is 0.0260. The highest BCUT2D eigenvalue weighted by Crippen LogP contribution is 2.22. The number of hydrogen-bond donors (Lipinski definition) is 1. The molecular weight excluding hydrogens is 154 g/mol. The lowest BCUT2D eigenvalue weighted by Crippen LogP contribution is -2.07. The molecule has 1 aromatic heterocycles. The highest BCUT2D eigenvalue weighted by atomic mass is 16.1. The lowest BCUT2D eigenvalue weighted by molar-refractivity contribution is 0.0946. The van der Waals surface area contributed by atoms with Crippen LogP contribution in [-0.4, -0.2) is 10.8 Å². The van der Waals surface area contributed by atoms with Gasteiger partial charge in [-0.15, -0.1) is 0 Å². The summed E-state index contributed by atoms with van der Waals surface area (Å²) in [7, 11) is 0. The number of Topliss-reactive ketones (excluding diaryl/α,β-unsaturated/α-hetero) is 1. The molecule has 0 fully saturated rings. The molecule has 3 nitrogen and oxygen atoms in total. The maximum Gasteiger partial charge on any atom is 0.248 e. The molecule has 62 valence electrons. The Labute approximate surface area is 69.4 Å². The SMILES string of the molecule is C[C@H]1Cc2[nH]c(=O)ccc2C1=O. The third-order valence-corrected chi connectivity index (χ3v) is 2.22. The van der Waals surface area contributed by atoms with Crippen molar-refractivity contribution in [3.63, 3.8) is 0 Å². The minimum Gasteiger partial charge on any atom is -0.325 e. The van der Waals surface area contributed by atoms with Crippen molar-refractivity contribution >= 4 is 5.78 Å². The van der Waals surface area contributed by atoms with E-state index < -0.39 is 0 Å². The quantitative estimate of drug-likeness (QED) is 0.613. The van der Waals surface area contributed by atoms with Gasteiger partial charge in [0.05, 0.1) is 0 Å². The van der Waals surface area contributed by atoms with Gasteiger partial charge in [0.25, 0.3) is 0 Å². The number of H-pyrrole nitrogens is 1. The molecule has 12 heavy (non-hydrogen) atoms. The summed E-state index contributed by atoms with van der Waals surface area (Å²) in [5.74, 6) is 0.166. The molecule has 1 N–H and O–H groups in total. The van der Waals surface area contributed by atoms with Gasteiger partial charge in [-0.2, -0.15) is 0 Å². The van der Waals surface area contributed by atoms with Gasteiger partial charge in [0, 0.05) is 23.2 Å². The van der Waals surface area contributed by atoms with E-state index in [1.807, 2.05) is 6.92 Å². The number of aromatic nitrogens is 1. The van der Waals surface area contributed by atoms with E-state index in [2.05, 4.69) is 4.98 Å². The molecule has 0 unspecified atom stereocenters. The van der Waals surface area contributed by atoms with Gasteiger partial charge >= 0.3 is 0 Å². The van der Waals surface area contributed by atoms with E-state index in [0.29, 0.717) is 12.0 Å². The predicted molar refractivity (Wildman–Crippen MR) is 44.3 cm³/mol. The summed E-state index contributed by atoms with van der Waals surface area (Å²) in [5, 5.41) is 0. The first-order chi connectivity index (χ1) is 5.68. The van der Waals surface area contributed by atoms with E-state index in [0.717, 1.165) is 5.69 Å². The number of ketones is 1. The summed E-state index contributed by atoms with van der Waals surface area (Å²) in [6.45, 7) is 1.88. The third kappa shape index (κ3) is 0.897. The zero-order valence-corrected chi connectivity index (χ0v) is 6.76. The van der Waals surface area contributed by atoms with Gasteiger partial charge in [0.2, 0.25) is 5.56 Å². The first-order valence-electron chi connectivity index (χ1n) is 3.95. The second-order valence-corrected chi connectivity index (χ2v) is 3.18. The van der Waals surface area contributed by atoms with E-state index >= 15 is 0 Å². The van der Waals surface area contributed by atoms with Crippen molar-refractivity contribution in [3.05, 3.63) is 33.7 Å². The van der Waals surface area contributed by atoms with Crippen molar-refractivity contribution < 1.29 is 4.79 Å². The molecule has 2 rings (SSSR count). The van der Waals surface area contributed by atoms with Crippen molar-refractivity contribution in [1.29, 1.82) is 0 Å². The van der Waals surface area contributed by atoms with Crippen molar-refractivity contribution in [3.8, 4) is 0 Å². The topological polar surface area (TPSA) is 49.9 Å². The maximum atomic E-state index is 11.4. The van der Waals surface area contributed by atoms with E-state index in [1.54, 1.807) is 6.07 Å². The van der Waals surface area contributed by atoms with Crippen LogP contribution < -0.4 is 5.56 Å². The van der Waals surface area contributed by atoms with Crippen LogP contribution in [0, 0.1) is 5.92 Å². The molecule has 0 bridgehead atoms. The van der Waals surface area contributed by atoms with Gasteiger partial charge in [-0.05, 0) is 12.5 Å². The van der Waals surface area contributed by atoms with Gasteiger partial charge in [-0.25, -0.2) is 0 Å². The summed E-state index contributed by atoms with van der Waals surface area (Å²) in [5.41, 5.74) is 1.35. The van der Waals surface area contributed by atoms with Crippen LogP contribution in [0.3, 0.4) is 0 Å². The molecule has 1 aliphatic rings. The third-order valence-electron chi connectivity index (χ3n) is 2.22. The molecular formula is C9H9NO2. The number of aromatic amines is 1. The largest absolute Gasteiger partial charge is 0.325 e. The molecule has 1 atom stereocenters. The van der Waals surface area contributed by atoms with Gasteiger partial charge < -0.3 is 4.98 Å². The van der Waals surface area contributed by atoms with Crippen LogP contribution in [0.1, 0.15) is 23.0 Å². The molecule has 0 saturated carbocycles. The highest BCUT2D eigenvalue weighted by Gasteiger charge is 2.26. The van der Waals surface area contributed by atoms with Crippen LogP contribution >= 0.6 is 0 Å². The predicted octanol–water partition coefficient (Wildman–Crippen LogP) is 0.750.